The van der Waals surface area contributed by atoms with Crippen molar-refractivity contribution < 1.29 is 14.3 Å². The molecular formula is C14H10FN3O3. The quantitative estimate of drug-likeness (QED) is 0.789. The molecule has 0 saturated heterocycles. The number of nitrogens with zero attached hydrogens (tertiary/aromatic N) is 3. The van der Waals surface area contributed by atoms with E-state index >= 15 is 0 Å². The minimum Gasteiger partial charge on any atom is -0.478 e. The van der Waals surface area contributed by atoms with Gasteiger partial charge in [-0.25, -0.2) is 18.7 Å². The van der Waals surface area contributed by atoms with E-state index in [9.17, 15) is 14.0 Å². The Labute approximate surface area is 117 Å². The molecule has 0 unspecified atom stereocenters. The van der Waals surface area contributed by atoms with Crippen molar-refractivity contribution in [2.45, 2.75) is 6.54 Å². The van der Waals surface area contributed by atoms with Crippen molar-refractivity contribution >= 4 is 11.6 Å². The minimum atomic E-state index is -1.15. The fraction of sp³-hybridized carbons (Fsp3) is 0.0714. The summed E-state index contributed by atoms with van der Waals surface area (Å²) in [6.45, 7) is -0.131. The van der Waals surface area contributed by atoms with Gasteiger partial charge in [-0.15, -0.1) is 5.10 Å². The number of carboxylic acid groups (broad SMARTS) is 1. The smallest absolute Gasteiger partial charge is 0.350 e. The summed E-state index contributed by atoms with van der Waals surface area (Å²) in [6, 6.07) is 8.52. The third-order valence-corrected chi connectivity index (χ3v) is 3.10. The predicted octanol–water partition coefficient (Wildman–Crippen LogP) is 1.38. The van der Waals surface area contributed by atoms with Crippen molar-refractivity contribution in [1.29, 1.82) is 0 Å². The number of carbonyl (C=O) groups is 1. The second-order valence-corrected chi connectivity index (χ2v) is 4.48. The Morgan fingerprint density at radius 1 is 1.29 bits per heavy atom. The van der Waals surface area contributed by atoms with E-state index in [1.54, 1.807) is 24.4 Å². The number of halogens is 1. The molecule has 1 N–H and O–H groups in total. The van der Waals surface area contributed by atoms with Crippen LogP contribution in [0, 0.1) is 5.82 Å². The summed E-state index contributed by atoms with van der Waals surface area (Å²) < 4.78 is 16.2. The highest BCUT2D eigenvalue weighted by molar-refractivity contribution is 5.87. The maximum Gasteiger partial charge on any atom is 0.350 e. The lowest BCUT2D eigenvalue weighted by Crippen LogP contribution is -2.22. The number of pyridine rings is 1. The highest BCUT2D eigenvalue weighted by atomic mass is 19.1. The van der Waals surface area contributed by atoms with Crippen molar-refractivity contribution in [1.82, 2.24) is 14.2 Å². The largest absolute Gasteiger partial charge is 0.478 e. The van der Waals surface area contributed by atoms with Crippen molar-refractivity contribution in [3.63, 3.8) is 0 Å². The molecule has 0 aliphatic carbocycles. The number of hydrogen-bond acceptors (Lipinski definition) is 3. The molecular weight excluding hydrogens is 277 g/mol. The van der Waals surface area contributed by atoms with Crippen LogP contribution in [0.3, 0.4) is 0 Å². The van der Waals surface area contributed by atoms with E-state index < -0.39 is 17.5 Å². The van der Waals surface area contributed by atoms with E-state index in [0.29, 0.717) is 5.65 Å². The first kappa shape index (κ1) is 13.0. The zero-order chi connectivity index (χ0) is 15.0. The van der Waals surface area contributed by atoms with Crippen LogP contribution in [-0.2, 0) is 6.54 Å². The first-order chi connectivity index (χ1) is 10.1. The van der Waals surface area contributed by atoms with Crippen LogP contribution in [0.2, 0.25) is 0 Å². The van der Waals surface area contributed by atoms with Gasteiger partial charge < -0.3 is 5.11 Å². The highest BCUT2D eigenvalue weighted by Crippen LogP contribution is 2.12. The van der Waals surface area contributed by atoms with E-state index in [2.05, 4.69) is 5.10 Å². The van der Waals surface area contributed by atoms with Gasteiger partial charge in [0.05, 0.1) is 12.1 Å². The summed E-state index contributed by atoms with van der Waals surface area (Å²) in [5, 5.41) is 13.0. The van der Waals surface area contributed by atoms with Gasteiger partial charge in [-0.3, -0.25) is 4.40 Å². The van der Waals surface area contributed by atoms with E-state index in [1.165, 1.54) is 16.5 Å². The Hall–Kier alpha value is -2.96. The van der Waals surface area contributed by atoms with Gasteiger partial charge in [-0.2, -0.15) is 0 Å². The predicted molar refractivity (Wildman–Crippen MR) is 71.9 cm³/mol. The summed E-state index contributed by atoms with van der Waals surface area (Å²) >= 11 is 0. The van der Waals surface area contributed by atoms with Gasteiger partial charge in [0.2, 0.25) is 0 Å². The molecule has 0 fully saturated rings. The third kappa shape index (κ3) is 2.29. The van der Waals surface area contributed by atoms with Crippen LogP contribution in [0.25, 0.3) is 5.65 Å². The molecule has 6 nitrogen and oxygen atoms in total. The molecule has 0 atom stereocenters. The molecule has 2 heterocycles. The van der Waals surface area contributed by atoms with E-state index in [1.807, 2.05) is 0 Å². The number of fused-ring (bicyclic) bond motifs is 1. The van der Waals surface area contributed by atoms with Gasteiger partial charge in [-0.1, -0.05) is 6.07 Å². The molecule has 0 aliphatic heterocycles. The first-order valence-electron chi connectivity index (χ1n) is 6.12. The molecule has 2 aromatic heterocycles. The number of hydrogen-bond donors (Lipinski definition) is 1. The molecule has 0 amide bonds. The fourth-order valence-corrected chi connectivity index (χ4v) is 2.06. The van der Waals surface area contributed by atoms with Gasteiger partial charge >= 0.3 is 11.7 Å². The van der Waals surface area contributed by atoms with Crippen molar-refractivity contribution in [2.75, 3.05) is 0 Å². The minimum absolute atomic E-state index is 0.0387. The van der Waals surface area contributed by atoms with Crippen molar-refractivity contribution in [3.05, 3.63) is 70.0 Å². The Balaban J connectivity index is 2.06. The van der Waals surface area contributed by atoms with Crippen molar-refractivity contribution in [3.8, 4) is 0 Å². The van der Waals surface area contributed by atoms with Gasteiger partial charge in [0.15, 0.2) is 5.65 Å². The van der Waals surface area contributed by atoms with Crippen LogP contribution in [0.5, 0.6) is 0 Å². The summed E-state index contributed by atoms with van der Waals surface area (Å²) in [7, 11) is 0. The number of benzene rings is 1. The van der Waals surface area contributed by atoms with Gasteiger partial charge in [0.25, 0.3) is 0 Å². The lowest BCUT2D eigenvalue weighted by atomic mass is 10.1. The van der Waals surface area contributed by atoms with Crippen LogP contribution < -0.4 is 5.69 Å². The number of aromatic nitrogens is 3. The van der Waals surface area contributed by atoms with E-state index in [-0.39, 0.29) is 17.7 Å². The SMILES string of the molecule is O=C(O)c1ccc(F)c(Cn2nc3ccccn3c2=O)c1. The Morgan fingerprint density at radius 3 is 2.81 bits per heavy atom. The molecule has 3 rings (SSSR count). The van der Waals surface area contributed by atoms with Gasteiger partial charge in [0, 0.05) is 11.8 Å². The fourth-order valence-electron chi connectivity index (χ4n) is 2.06. The summed E-state index contributed by atoms with van der Waals surface area (Å²) in [6.07, 6.45) is 1.56. The molecule has 0 saturated carbocycles. The first-order valence-corrected chi connectivity index (χ1v) is 6.12. The standard InChI is InChI=1S/C14H10FN3O3/c15-11-5-4-9(13(19)20)7-10(11)8-18-14(21)17-6-2-1-3-12(17)16-18/h1-7H,8H2,(H,19,20). The van der Waals surface area contributed by atoms with E-state index in [0.717, 1.165) is 10.7 Å². The van der Waals surface area contributed by atoms with Crippen molar-refractivity contribution in [2.24, 2.45) is 0 Å². The topological polar surface area (TPSA) is 76.6 Å². The molecule has 106 valence electrons. The second kappa shape index (κ2) is 4.86. The molecule has 0 spiro atoms. The average molecular weight is 287 g/mol. The van der Waals surface area contributed by atoms with Crippen LogP contribution >= 0.6 is 0 Å². The average Bonchev–Trinajstić information content (AvgIpc) is 2.78. The number of aromatic carboxylic acids is 1. The van der Waals surface area contributed by atoms with Crippen LogP contribution in [0.4, 0.5) is 4.39 Å². The summed E-state index contributed by atoms with van der Waals surface area (Å²) in [4.78, 5) is 23.0. The Kier molecular flexibility index (Phi) is 3.02. The number of carboxylic acids is 1. The lowest BCUT2D eigenvalue weighted by molar-refractivity contribution is 0.0696. The van der Waals surface area contributed by atoms with Gasteiger partial charge in [0.1, 0.15) is 5.82 Å². The van der Waals surface area contributed by atoms with E-state index in [4.69, 9.17) is 5.11 Å². The molecule has 7 heteroatoms. The number of rotatable bonds is 3. The molecule has 1 aromatic carbocycles. The van der Waals surface area contributed by atoms with Crippen LogP contribution in [0.1, 0.15) is 15.9 Å². The summed E-state index contributed by atoms with van der Waals surface area (Å²) in [5.74, 6) is -1.73. The molecule has 0 bridgehead atoms. The maximum atomic E-state index is 13.8. The zero-order valence-electron chi connectivity index (χ0n) is 10.7. The Bertz CT molecular complexity index is 898. The van der Waals surface area contributed by atoms with Crippen LogP contribution in [-0.4, -0.2) is 25.3 Å². The highest BCUT2D eigenvalue weighted by Gasteiger charge is 2.12. The third-order valence-electron chi connectivity index (χ3n) is 3.10. The zero-order valence-corrected chi connectivity index (χ0v) is 10.7. The normalized spacial score (nSPS) is 10.9. The lowest BCUT2D eigenvalue weighted by Gasteiger charge is -2.03. The monoisotopic (exact) mass is 287 g/mol. The molecule has 21 heavy (non-hydrogen) atoms. The van der Waals surface area contributed by atoms with Gasteiger partial charge in [-0.05, 0) is 30.3 Å². The maximum absolute atomic E-state index is 13.8. The summed E-state index contributed by atoms with van der Waals surface area (Å²) in [5.41, 5.74) is 0.0895. The molecule has 0 aliphatic rings. The second-order valence-electron chi connectivity index (χ2n) is 4.48. The molecule has 0 radical (unpaired) electrons. The molecule has 3 aromatic rings. The van der Waals surface area contributed by atoms with Crippen LogP contribution in [0.15, 0.2) is 47.4 Å². The Morgan fingerprint density at radius 2 is 2.10 bits per heavy atom.